The third-order valence-corrected chi connectivity index (χ3v) is 8.17. The number of nitrogens with zero attached hydrogens (tertiary/aromatic N) is 5. The normalized spacial score (nSPS) is 17.1. The molecular formula is C26H34F7N7O4Si. The van der Waals surface area contributed by atoms with Crippen molar-refractivity contribution in [3.8, 4) is 0 Å². The molecule has 0 spiro atoms. The molecule has 2 aromatic heterocycles. The number of carbonyl (C=O) groups excluding carboxylic acids is 1. The van der Waals surface area contributed by atoms with E-state index in [1.54, 1.807) is 0 Å². The molecule has 11 nitrogen and oxygen atoms in total. The molecule has 0 unspecified atom stereocenters. The summed E-state index contributed by atoms with van der Waals surface area (Å²) in [6.45, 7) is 5.91. The fourth-order valence-corrected chi connectivity index (χ4v) is 4.76. The summed E-state index contributed by atoms with van der Waals surface area (Å²) in [6.07, 6.45) is -7.88. The molecule has 0 saturated carbocycles. The van der Waals surface area contributed by atoms with Gasteiger partial charge in [-0.3, -0.25) is 14.4 Å². The van der Waals surface area contributed by atoms with Gasteiger partial charge < -0.3 is 15.0 Å². The van der Waals surface area contributed by atoms with Gasteiger partial charge in [0, 0.05) is 46.2 Å². The van der Waals surface area contributed by atoms with E-state index in [4.69, 9.17) is 9.57 Å². The number of hydroxylamine groups is 1. The number of nitrogens with one attached hydrogen (secondary N) is 2. The van der Waals surface area contributed by atoms with Gasteiger partial charge in [0.05, 0.1) is 30.6 Å². The zero-order valence-electron chi connectivity index (χ0n) is 24.8. The molecule has 1 amide bonds. The molecule has 2 aromatic rings. The fraction of sp³-hybridized carbons (Fsp3) is 0.577. The van der Waals surface area contributed by atoms with Crippen LogP contribution in [0, 0.1) is 0 Å². The first-order valence-electron chi connectivity index (χ1n) is 13.8. The molecule has 19 heteroatoms. The average molecular weight is 670 g/mol. The maximum absolute atomic E-state index is 14.7. The fourth-order valence-electron chi connectivity index (χ4n) is 4.00. The highest BCUT2D eigenvalue weighted by molar-refractivity contribution is 6.76. The van der Waals surface area contributed by atoms with Crippen LogP contribution >= 0.6 is 0 Å². The number of halogens is 7. The van der Waals surface area contributed by atoms with Crippen molar-refractivity contribution in [1.82, 2.24) is 25.2 Å². The molecule has 1 fully saturated rings. The van der Waals surface area contributed by atoms with Crippen molar-refractivity contribution in [2.75, 3.05) is 43.1 Å². The summed E-state index contributed by atoms with van der Waals surface area (Å²) in [5, 5.41) is 6.28. The Morgan fingerprint density at radius 2 is 1.78 bits per heavy atom. The number of rotatable bonds is 13. The summed E-state index contributed by atoms with van der Waals surface area (Å²) in [7, 11) is -1.43. The Morgan fingerprint density at radius 1 is 1.09 bits per heavy atom. The van der Waals surface area contributed by atoms with Crippen molar-refractivity contribution in [1.29, 1.82) is 0 Å². The lowest BCUT2D eigenvalue weighted by atomic mass is 10.0. The van der Waals surface area contributed by atoms with Crippen LogP contribution in [-0.2, 0) is 33.5 Å². The Hall–Kier alpha value is -3.58. The van der Waals surface area contributed by atoms with E-state index in [0.29, 0.717) is 23.7 Å². The van der Waals surface area contributed by atoms with Crippen LogP contribution in [0.15, 0.2) is 35.0 Å². The third kappa shape index (κ3) is 11.1. The number of aromatic nitrogens is 4. The molecule has 2 N–H and O–H groups in total. The summed E-state index contributed by atoms with van der Waals surface area (Å²) in [5.74, 6) is -0.855. The maximum atomic E-state index is 14.7. The second kappa shape index (κ2) is 15.1. The molecule has 0 radical (unpaired) electrons. The number of alkyl halides is 7. The van der Waals surface area contributed by atoms with E-state index in [1.165, 1.54) is 4.90 Å². The van der Waals surface area contributed by atoms with E-state index in [9.17, 15) is 40.3 Å². The van der Waals surface area contributed by atoms with E-state index >= 15 is 0 Å². The second-order valence-corrected chi connectivity index (χ2v) is 17.0. The minimum absolute atomic E-state index is 0.0632. The van der Waals surface area contributed by atoms with Gasteiger partial charge in [0.15, 0.2) is 0 Å². The Kier molecular flexibility index (Phi) is 12.1. The molecule has 0 bridgehead atoms. The van der Waals surface area contributed by atoms with Crippen LogP contribution < -0.4 is 21.3 Å². The van der Waals surface area contributed by atoms with Crippen LogP contribution in [0.4, 0.5) is 42.4 Å². The summed E-state index contributed by atoms with van der Waals surface area (Å²) in [6, 6.07) is 0.771. The van der Waals surface area contributed by atoms with Gasteiger partial charge in [-0.2, -0.15) is 31.4 Å². The van der Waals surface area contributed by atoms with Crippen molar-refractivity contribution in [2.45, 2.75) is 63.8 Å². The predicted molar refractivity (Wildman–Crippen MR) is 152 cm³/mol. The summed E-state index contributed by atoms with van der Waals surface area (Å²) < 4.78 is 99.7. The number of carbonyl (C=O) groups is 1. The molecule has 0 aliphatic carbocycles. The van der Waals surface area contributed by atoms with Crippen LogP contribution in [0.1, 0.15) is 24.0 Å². The Bertz CT molecular complexity index is 1380. The molecule has 250 valence electrons. The zero-order valence-corrected chi connectivity index (χ0v) is 25.8. The van der Waals surface area contributed by atoms with Crippen molar-refractivity contribution >= 4 is 25.6 Å². The van der Waals surface area contributed by atoms with Gasteiger partial charge in [-0.15, -0.1) is 0 Å². The van der Waals surface area contributed by atoms with Gasteiger partial charge in [-0.05, 0) is 24.5 Å². The Balaban J connectivity index is 1.43. The lowest BCUT2D eigenvalue weighted by Gasteiger charge is -2.30. The molecule has 1 aliphatic heterocycles. The highest BCUT2D eigenvalue weighted by atomic mass is 28.3. The van der Waals surface area contributed by atoms with Crippen LogP contribution in [0.3, 0.4) is 0 Å². The van der Waals surface area contributed by atoms with Crippen molar-refractivity contribution in [3.63, 3.8) is 0 Å². The van der Waals surface area contributed by atoms with Crippen molar-refractivity contribution in [3.05, 3.63) is 51.7 Å². The third-order valence-electron chi connectivity index (χ3n) is 6.47. The molecule has 1 aliphatic rings. The molecule has 1 saturated heterocycles. The van der Waals surface area contributed by atoms with E-state index < -0.39 is 61.6 Å². The molecule has 1 atom stereocenters. The maximum Gasteiger partial charge on any atom is 0.423 e. The van der Waals surface area contributed by atoms with Gasteiger partial charge in [0.1, 0.15) is 18.5 Å². The monoisotopic (exact) mass is 669 g/mol. The number of piperidine rings is 1. The molecule has 45 heavy (non-hydrogen) atoms. The second-order valence-electron chi connectivity index (χ2n) is 11.3. The van der Waals surface area contributed by atoms with Crippen LogP contribution in [-0.4, -0.2) is 72.7 Å². The number of ether oxygens (including phenoxy) is 1. The minimum Gasteiger partial charge on any atom is -0.383 e. The van der Waals surface area contributed by atoms with E-state index in [1.807, 2.05) is 0 Å². The Labute approximate surface area is 254 Å². The van der Waals surface area contributed by atoms with Gasteiger partial charge in [-0.1, -0.05) is 19.6 Å². The summed E-state index contributed by atoms with van der Waals surface area (Å²) in [4.78, 5) is 38.3. The SMILES string of the molecule is C[Si](C)(C)CCOCn1ncc(NCCCONC(=O)/C=C2\CCN(c3ncc(C(F)(F)F)cn3)C[C@H]2F)c(C(F)(F)F)c1=O. The summed E-state index contributed by atoms with van der Waals surface area (Å²) >= 11 is 0. The van der Waals surface area contributed by atoms with E-state index in [2.05, 4.69) is 45.5 Å². The first-order valence-corrected chi connectivity index (χ1v) is 17.6. The average Bonchev–Trinajstić information content (AvgIpc) is 2.93. The number of hydrogen-bond acceptors (Lipinski definition) is 9. The highest BCUT2D eigenvalue weighted by Gasteiger charge is 2.38. The molecule has 3 heterocycles. The highest BCUT2D eigenvalue weighted by Crippen LogP contribution is 2.32. The largest absolute Gasteiger partial charge is 0.423 e. The molecule has 0 aromatic carbocycles. The first-order chi connectivity index (χ1) is 21.0. The van der Waals surface area contributed by atoms with Gasteiger partial charge >= 0.3 is 12.4 Å². The van der Waals surface area contributed by atoms with Gasteiger partial charge in [0.25, 0.3) is 11.5 Å². The summed E-state index contributed by atoms with van der Waals surface area (Å²) in [5.41, 5.74) is -2.09. The van der Waals surface area contributed by atoms with Gasteiger partial charge in [-0.25, -0.2) is 24.5 Å². The van der Waals surface area contributed by atoms with E-state index in [-0.39, 0.29) is 50.6 Å². The first kappa shape index (κ1) is 35.9. The topological polar surface area (TPSA) is 124 Å². The number of amides is 1. The van der Waals surface area contributed by atoms with Crippen molar-refractivity contribution < 1.29 is 45.1 Å². The number of anilines is 2. The predicted octanol–water partition coefficient (Wildman–Crippen LogP) is 4.41. The number of hydrogen-bond donors (Lipinski definition) is 2. The minimum atomic E-state index is -4.95. The Morgan fingerprint density at radius 3 is 2.38 bits per heavy atom. The standard InChI is InChI=1S/C26H34F7N7O4Si/c1-45(2,3)10-9-43-16-40-23(42)22(26(31,32)33)20(14-37-40)34-6-4-8-44-38-21(41)11-17-5-7-39(15-19(17)27)24-35-12-18(13-36-24)25(28,29)30/h11-14,19,34H,4-10,15-16H2,1-3H3,(H,38,41)/b17-11+/t19-/m1/s1. The van der Waals surface area contributed by atoms with Crippen molar-refractivity contribution in [2.24, 2.45) is 0 Å². The van der Waals surface area contributed by atoms with Crippen LogP contribution in [0.5, 0.6) is 0 Å². The van der Waals surface area contributed by atoms with Crippen LogP contribution in [0.25, 0.3) is 0 Å². The lowest BCUT2D eigenvalue weighted by Crippen LogP contribution is -2.39. The zero-order chi connectivity index (χ0) is 33.4. The molecule has 3 rings (SSSR count). The smallest absolute Gasteiger partial charge is 0.383 e. The van der Waals surface area contributed by atoms with E-state index in [0.717, 1.165) is 18.3 Å². The van der Waals surface area contributed by atoms with Crippen LogP contribution in [0.2, 0.25) is 25.7 Å². The quantitative estimate of drug-likeness (QED) is 0.105. The van der Waals surface area contributed by atoms with Gasteiger partial charge in [0.2, 0.25) is 5.95 Å². The lowest BCUT2D eigenvalue weighted by molar-refractivity contribution is -0.139. The molecular weight excluding hydrogens is 635 g/mol.